The number of hydrogen-bond donors (Lipinski definition) is 0. The minimum atomic E-state index is 0. The van der Waals surface area contributed by atoms with Gasteiger partial charge in [-0.3, -0.25) is 0 Å². The van der Waals surface area contributed by atoms with Crippen LogP contribution in [0, 0.1) is 49.6 Å². The number of ether oxygens (including phenoxy) is 1. The Balaban J connectivity index is 0.000000810. The second-order valence-electron chi connectivity index (χ2n) is 3.30. The van der Waals surface area contributed by atoms with Gasteiger partial charge in [0.2, 0.25) is 0 Å². The summed E-state index contributed by atoms with van der Waals surface area (Å²) in [4.78, 5) is 0. The first-order valence-corrected chi connectivity index (χ1v) is 3.41. The van der Waals surface area contributed by atoms with Crippen LogP contribution in [0.5, 0.6) is 0 Å². The third-order valence-corrected chi connectivity index (χ3v) is 1.75. The van der Waals surface area contributed by atoms with Gasteiger partial charge in [-0.1, -0.05) is 13.3 Å². The average Bonchev–Trinajstić information content (AvgIpc) is 1.78. The molecular formula is C8H14OU. The molecular weight excluding hydrogens is 350 g/mol. The summed E-state index contributed by atoms with van der Waals surface area (Å²) in [5.41, 5.74) is 0.166. The van der Waals surface area contributed by atoms with Gasteiger partial charge in [-0.2, -0.15) is 19.4 Å². The molecule has 0 spiro atoms. The Kier molecular flexibility index (Phi) is 4.56. The fourth-order valence-electron chi connectivity index (χ4n) is 0.920. The molecule has 0 aromatic heterocycles. The molecule has 1 aliphatic heterocycles. The maximum absolute atomic E-state index is 5.35. The minimum absolute atomic E-state index is 0. The molecule has 0 aliphatic carbocycles. The Labute approximate surface area is 87.3 Å². The Morgan fingerprint density at radius 3 is 2.50 bits per heavy atom. The van der Waals surface area contributed by atoms with Gasteiger partial charge < -0.3 is 11.7 Å². The number of rotatable bonds is 0. The molecule has 0 bridgehead atoms. The summed E-state index contributed by atoms with van der Waals surface area (Å²) in [5.74, 6) is 0. The van der Waals surface area contributed by atoms with Crippen molar-refractivity contribution < 1.29 is 35.9 Å². The maximum atomic E-state index is 5.35. The molecule has 1 heterocycles. The monoisotopic (exact) mass is 364 g/mol. The van der Waals surface area contributed by atoms with Crippen molar-refractivity contribution in [3.05, 3.63) is 13.0 Å². The van der Waals surface area contributed by atoms with E-state index < -0.39 is 0 Å². The summed E-state index contributed by atoms with van der Waals surface area (Å²) >= 11 is 0. The van der Waals surface area contributed by atoms with Crippen LogP contribution in [0.2, 0.25) is 0 Å². The van der Waals surface area contributed by atoms with Crippen LogP contribution < -0.4 is 0 Å². The van der Waals surface area contributed by atoms with Crippen molar-refractivity contribution in [2.75, 3.05) is 6.61 Å². The summed E-state index contributed by atoms with van der Waals surface area (Å²) in [6, 6.07) is 0. The van der Waals surface area contributed by atoms with Gasteiger partial charge in [0.15, 0.2) is 0 Å². The molecule has 0 amide bonds. The van der Waals surface area contributed by atoms with E-state index in [1.54, 1.807) is 0 Å². The summed E-state index contributed by atoms with van der Waals surface area (Å²) in [5, 5.41) is 0. The molecule has 1 saturated heterocycles. The summed E-state index contributed by atoms with van der Waals surface area (Å²) in [6.07, 6.45) is 3.41. The Morgan fingerprint density at radius 2 is 2.20 bits per heavy atom. The zero-order chi connectivity index (χ0) is 6.91. The van der Waals surface area contributed by atoms with Crippen LogP contribution in [0.1, 0.15) is 26.7 Å². The van der Waals surface area contributed by atoms with Gasteiger partial charge in [-0.25, -0.2) is 0 Å². The standard InChI is InChI=1S/C8H14O.U/c1-7-4-5-8(2,3)6-9-7;/h2,4-6H2,1,3H3;/q-2;+2. The Bertz CT molecular complexity index is 91.4. The van der Waals surface area contributed by atoms with Crippen molar-refractivity contribution >= 4 is 0 Å². The maximum Gasteiger partial charge on any atom is 2.00 e. The van der Waals surface area contributed by atoms with E-state index in [4.69, 9.17) is 4.74 Å². The zero-order valence-electron chi connectivity index (χ0n) is 6.74. The van der Waals surface area contributed by atoms with E-state index >= 15 is 0 Å². The molecule has 10 heavy (non-hydrogen) atoms. The van der Waals surface area contributed by atoms with Gasteiger partial charge >= 0.3 is 31.1 Å². The average molecular weight is 364 g/mol. The van der Waals surface area contributed by atoms with E-state index in [-0.39, 0.29) is 36.5 Å². The van der Waals surface area contributed by atoms with E-state index in [2.05, 4.69) is 13.8 Å². The van der Waals surface area contributed by atoms with Crippen LogP contribution in [-0.2, 0) is 4.74 Å². The largest absolute Gasteiger partial charge is 2.00 e. The topological polar surface area (TPSA) is 9.23 Å². The first-order chi connectivity index (χ1) is 4.10. The van der Waals surface area contributed by atoms with E-state index in [1.807, 2.05) is 6.92 Å². The Morgan fingerprint density at radius 1 is 1.60 bits per heavy atom. The molecule has 1 fully saturated rings. The van der Waals surface area contributed by atoms with Crippen molar-refractivity contribution in [2.45, 2.75) is 26.7 Å². The van der Waals surface area contributed by atoms with E-state index in [0.717, 1.165) is 19.1 Å². The van der Waals surface area contributed by atoms with Crippen molar-refractivity contribution in [3.63, 3.8) is 0 Å². The Hall–Kier alpha value is 1.01. The van der Waals surface area contributed by atoms with Gasteiger partial charge in [0.1, 0.15) is 0 Å². The van der Waals surface area contributed by atoms with Gasteiger partial charge in [0.05, 0.1) is 0 Å². The molecule has 1 rings (SSSR count). The SMILES string of the molecule is [CH2-]C1(C)CC[C-](C)OC1.[U+2]. The molecule has 1 nitrogen and oxygen atoms in total. The van der Waals surface area contributed by atoms with E-state index in [9.17, 15) is 0 Å². The van der Waals surface area contributed by atoms with Crippen molar-refractivity contribution in [3.8, 4) is 0 Å². The van der Waals surface area contributed by atoms with E-state index in [0.29, 0.717) is 0 Å². The first kappa shape index (κ1) is 11.0. The molecule has 1 unspecified atom stereocenters. The zero-order valence-corrected chi connectivity index (χ0v) is 10.9. The van der Waals surface area contributed by atoms with Gasteiger partial charge in [-0.15, -0.1) is 5.41 Å². The van der Waals surface area contributed by atoms with Crippen LogP contribution in [0.15, 0.2) is 0 Å². The fraction of sp³-hybridized carbons (Fsp3) is 0.750. The molecule has 0 saturated carbocycles. The smallest absolute Gasteiger partial charge is 0.551 e. The molecule has 1 atom stereocenters. The third-order valence-electron chi connectivity index (χ3n) is 1.75. The predicted molar refractivity (Wildman–Crippen MR) is 37.6 cm³/mol. The molecule has 1 aliphatic rings. The molecule has 0 aromatic rings. The van der Waals surface area contributed by atoms with Crippen LogP contribution in [0.4, 0.5) is 0 Å². The fourth-order valence-corrected chi connectivity index (χ4v) is 0.920. The van der Waals surface area contributed by atoms with E-state index in [1.165, 1.54) is 6.42 Å². The van der Waals surface area contributed by atoms with Crippen molar-refractivity contribution in [1.29, 1.82) is 0 Å². The third kappa shape index (κ3) is 3.42. The second-order valence-corrected chi connectivity index (χ2v) is 3.30. The molecule has 2 heteroatoms. The summed E-state index contributed by atoms with van der Waals surface area (Å²) in [6.45, 7) is 8.99. The molecule has 0 N–H and O–H groups in total. The van der Waals surface area contributed by atoms with Gasteiger partial charge in [-0.05, 0) is 6.61 Å². The summed E-state index contributed by atoms with van der Waals surface area (Å²) < 4.78 is 5.35. The van der Waals surface area contributed by atoms with Crippen LogP contribution >= 0.6 is 0 Å². The first-order valence-electron chi connectivity index (χ1n) is 3.41. The van der Waals surface area contributed by atoms with Crippen molar-refractivity contribution in [2.24, 2.45) is 5.41 Å². The normalized spacial score (nSPS) is 35.1. The molecule has 0 aromatic carbocycles. The van der Waals surface area contributed by atoms with Crippen LogP contribution in [0.25, 0.3) is 0 Å². The van der Waals surface area contributed by atoms with Gasteiger partial charge in [0.25, 0.3) is 0 Å². The van der Waals surface area contributed by atoms with Crippen LogP contribution in [0.3, 0.4) is 0 Å². The molecule has 56 valence electrons. The summed E-state index contributed by atoms with van der Waals surface area (Å²) in [7, 11) is 0. The molecule has 0 radical (unpaired) electrons. The van der Waals surface area contributed by atoms with Crippen molar-refractivity contribution in [1.82, 2.24) is 0 Å². The minimum Gasteiger partial charge on any atom is -0.551 e. The predicted octanol–water partition coefficient (Wildman–Crippen LogP) is 2.19. The van der Waals surface area contributed by atoms with Gasteiger partial charge in [0, 0.05) is 0 Å². The quantitative estimate of drug-likeness (QED) is 0.599. The van der Waals surface area contributed by atoms with Crippen LogP contribution in [-0.4, -0.2) is 6.61 Å². The number of hydrogen-bond acceptors (Lipinski definition) is 1. The second kappa shape index (κ2) is 4.14.